The van der Waals surface area contributed by atoms with Crippen molar-refractivity contribution in [3.8, 4) is 0 Å². The fourth-order valence-electron chi connectivity index (χ4n) is 3.55. The number of fused-ring (bicyclic) bond motifs is 1. The van der Waals surface area contributed by atoms with Crippen LogP contribution in [0.25, 0.3) is 10.2 Å². The second-order valence-electron chi connectivity index (χ2n) is 7.20. The number of hydrogen-bond donors (Lipinski definition) is 1. The van der Waals surface area contributed by atoms with Crippen molar-refractivity contribution in [3.05, 3.63) is 51.4 Å². The third-order valence-electron chi connectivity index (χ3n) is 5.25. The number of benzene rings is 1. The molecule has 0 saturated carbocycles. The average molecular weight is 410 g/mol. The van der Waals surface area contributed by atoms with Crippen LogP contribution in [0.4, 0.5) is 11.4 Å². The average Bonchev–Trinajstić information content (AvgIpc) is 3.25. The molecule has 2 amide bonds. The zero-order valence-electron chi connectivity index (χ0n) is 16.4. The Kier molecular flexibility index (Phi) is 5.19. The summed E-state index contributed by atoms with van der Waals surface area (Å²) in [6.45, 7) is 4.86. The van der Waals surface area contributed by atoms with E-state index in [1.807, 2.05) is 26.0 Å². The number of anilines is 2. The summed E-state index contributed by atoms with van der Waals surface area (Å²) in [5, 5.41) is 3.49. The molecule has 0 radical (unpaired) electrons. The zero-order chi connectivity index (χ0) is 20.5. The summed E-state index contributed by atoms with van der Waals surface area (Å²) < 4.78 is 1.49. The monoisotopic (exact) mass is 410 g/mol. The summed E-state index contributed by atoms with van der Waals surface area (Å²) >= 11 is 1.51. The number of aryl methyl sites for hydroxylation is 3. The highest BCUT2D eigenvalue weighted by molar-refractivity contribution is 7.18. The first kappa shape index (κ1) is 19.3. The molecule has 0 atom stereocenters. The lowest BCUT2D eigenvalue weighted by molar-refractivity contribution is -0.117. The molecule has 3 heterocycles. The quantitative estimate of drug-likeness (QED) is 0.700. The lowest BCUT2D eigenvalue weighted by atomic mass is 10.2. The van der Waals surface area contributed by atoms with E-state index >= 15 is 0 Å². The Balaban J connectivity index is 1.44. The Hall–Kier alpha value is -3.00. The standard InChI is InChI=1S/C21H22N4O3S/c1-13-14(2)29-20-19(13)21(28)24(12-22-20)10-8-17(26)23-15-5-3-6-16(11-15)25-9-4-7-18(25)27/h3,5-6,11-12H,4,7-10H2,1-2H3,(H,23,26). The fraction of sp³-hybridized carbons (Fsp3) is 0.333. The second kappa shape index (κ2) is 7.79. The third-order valence-corrected chi connectivity index (χ3v) is 6.37. The molecule has 1 aromatic carbocycles. The topological polar surface area (TPSA) is 84.3 Å². The maximum Gasteiger partial charge on any atom is 0.262 e. The molecule has 0 aliphatic carbocycles. The Morgan fingerprint density at radius 1 is 1.28 bits per heavy atom. The fourth-order valence-corrected chi connectivity index (χ4v) is 4.53. The van der Waals surface area contributed by atoms with E-state index in [9.17, 15) is 14.4 Å². The van der Waals surface area contributed by atoms with E-state index in [1.165, 1.54) is 22.2 Å². The van der Waals surface area contributed by atoms with Crippen molar-refractivity contribution in [3.63, 3.8) is 0 Å². The van der Waals surface area contributed by atoms with E-state index in [4.69, 9.17) is 0 Å². The minimum atomic E-state index is -0.194. The van der Waals surface area contributed by atoms with Gasteiger partial charge in [0.1, 0.15) is 4.83 Å². The van der Waals surface area contributed by atoms with Crippen molar-refractivity contribution in [1.82, 2.24) is 9.55 Å². The Morgan fingerprint density at radius 3 is 2.86 bits per heavy atom. The number of aromatic nitrogens is 2. The summed E-state index contributed by atoms with van der Waals surface area (Å²) in [6.07, 6.45) is 3.08. The highest BCUT2D eigenvalue weighted by Crippen LogP contribution is 2.26. The Morgan fingerprint density at radius 2 is 2.10 bits per heavy atom. The maximum absolute atomic E-state index is 12.7. The summed E-state index contributed by atoms with van der Waals surface area (Å²) in [5.74, 6) is -0.0881. The smallest absolute Gasteiger partial charge is 0.262 e. The van der Waals surface area contributed by atoms with Gasteiger partial charge in [-0.15, -0.1) is 11.3 Å². The lowest BCUT2D eigenvalue weighted by Crippen LogP contribution is -2.24. The lowest BCUT2D eigenvalue weighted by Gasteiger charge is -2.16. The minimum Gasteiger partial charge on any atom is -0.326 e. The number of carbonyl (C=O) groups is 2. The molecule has 0 bridgehead atoms. The molecule has 0 unspecified atom stereocenters. The number of amides is 2. The van der Waals surface area contributed by atoms with Gasteiger partial charge in [0, 0.05) is 42.2 Å². The molecule has 1 aliphatic heterocycles. The minimum absolute atomic E-state index is 0.106. The van der Waals surface area contributed by atoms with Gasteiger partial charge in [0.15, 0.2) is 0 Å². The van der Waals surface area contributed by atoms with Crippen LogP contribution in [0.15, 0.2) is 35.4 Å². The molecule has 1 saturated heterocycles. The van der Waals surface area contributed by atoms with Crippen molar-refractivity contribution < 1.29 is 9.59 Å². The van der Waals surface area contributed by atoms with Gasteiger partial charge in [-0.1, -0.05) is 6.07 Å². The summed E-state index contributed by atoms with van der Waals surface area (Å²) in [7, 11) is 0. The van der Waals surface area contributed by atoms with Crippen molar-refractivity contribution >= 4 is 44.7 Å². The second-order valence-corrected chi connectivity index (χ2v) is 8.41. The molecule has 4 rings (SSSR count). The molecule has 3 aromatic rings. The Bertz CT molecular complexity index is 1160. The normalized spacial score (nSPS) is 14.0. The van der Waals surface area contributed by atoms with Crippen LogP contribution in [0.3, 0.4) is 0 Å². The van der Waals surface area contributed by atoms with Gasteiger partial charge in [0.05, 0.1) is 11.7 Å². The summed E-state index contributed by atoms with van der Waals surface area (Å²) in [5.41, 5.74) is 2.27. The number of thiophene rings is 1. The molecular formula is C21H22N4O3S. The van der Waals surface area contributed by atoms with Crippen LogP contribution in [-0.2, 0) is 16.1 Å². The first-order valence-electron chi connectivity index (χ1n) is 9.59. The number of carbonyl (C=O) groups excluding carboxylic acids is 2. The summed E-state index contributed by atoms with van der Waals surface area (Å²) in [6, 6.07) is 7.28. The van der Waals surface area contributed by atoms with E-state index in [1.54, 1.807) is 17.0 Å². The van der Waals surface area contributed by atoms with Crippen molar-refractivity contribution in [2.75, 3.05) is 16.8 Å². The van der Waals surface area contributed by atoms with Crippen LogP contribution in [0.1, 0.15) is 29.7 Å². The third kappa shape index (κ3) is 3.80. The highest BCUT2D eigenvalue weighted by atomic mass is 32.1. The molecular weight excluding hydrogens is 388 g/mol. The largest absolute Gasteiger partial charge is 0.326 e. The van der Waals surface area contributed by atoms with E-state index in [0.29, 0.717) is 24.0 Å². The van der Waals surface area contributed by atoms with Gasteiger partial charge in [-0.25, -0.2) is 4.98 Å². The maximum atomic E-state index is 12.7. The van der Waals surface area contributed by atoms with E-state index in [2.05, 4.69) is 10.3 Å². The molecule has 1 aliphatic rings. The van der Waals surface area contributed by atoms with Gasteiger partial charge in [-0.05, 0) is 44.0 Å². The van der Waals surface area contributed by atoms with E-state index in [-0.39, 0.29) is 30.3 Å². The molecule has 8 heteroatoms. The van der Waals surface area contributed by atoms with Crippen LogP contribution in [0, 0.1) is 13.8 Å². The van der Waals surface area contributed by atoms with Gasteiger partial charge in [0.2, 0.25) is 11.8 Å². The van der Waals surface area contributed by atoms with Crippen LogP contribution < -0.4 is 15.8 Å². The SMILES string of the molecule is Cc1sc2ncn(CCC(=O)Nc3cccc(N4CCCC4=O)c3)c(=O)c2c1C. The zero-order valence-corrected chi connectivity index (χ0v) is 17.2. The number of rotatable bonds is 5. The molecule has 7 nitrogen and oxygen atoms in total. The number of nitrogens with zero attached hydrogens (tertiary/aromatic N) is 3. The first-order chi connectivity index (χ1) is 13.9. The number of hydrogen-bond acceptors (Lipinski definition) is 5. The molecule has 2 aromatic heterocycles. The van der Waals surface area contributed by atoms with E-state index < -0.39 is 0 Å². The predicted molar refractivity (Wildman–Crippen MR) is 115 cm³/mol. The van der Waals surface area contributed by atoms with Crippen molar-refractivity contribution in [1.29, 1.82) is 0 Å². The van der Waals surface area contributed by atoms with Crippen molar-refractivity contribution in [2.24, 2.45) is 0 Å². The molecule has 29 heavy (non-hydrogen) atoms. The molecule has 1 fully saturated rings. The molecule has 150 valence electrons. The van der Waals surface area contributed by atoms with Gasteiger partial charge in [-0.2, -0.15) is 0 Å². The Labute approximate surface area is 172 Å². The number of nitrogens with one attached hydrogen (secondary N) is 1. The van der Waals surface area contributed by atoms with Crippen LogP contribution in [0.2, 0.25) is 0 Å². The van der Waals surface area contributed by atoms with Crippen molar-refractivity contribution in [2.45, 2.75) is 39.7 Å². The van der Waals surface area contributed by atoms with Gasteiger partial charge >= 0.3 is 0 Å². The predicted octanol–water partition coefficient (Wildman–Crippen LogP) is 3.23. The summed E-state index contributed by atoms with van der Waals surface area (Å²) in [4.78, 5) is 45.0. The van der Waals surface area contributed by atoms with Crippen LogP contribution in [-0.4, -0.2) is 27.9 Å². The van der Waals surface area contributed by atoms with Gasteiger partial charge in [0.25, 0.3) is 5.56 Å². The highest BCUT2D eigenvalue weighted by Gasteiger charge is 2.21. The molecule has 1 N–H and O–H groups in total. The van der Waals surface area contributed by atoms with E-state index in [0.717, 1.165) is 27.4 Å². The first-order valence-corrected chi connectivity index (χ1v) is 10.4. The van der Waals surface area contributed by atoms with Gasteiger partial charge < -0.3 is 10.2 Å². The van der Waals surface area contributed by atoms with Crippen LogP contribution in [0.5, 0.6) is 0 Å². The molecule has 0 spiro atoms. The van der Waals surface area contributed by atoms with Crippen LogP contribution >= 0.6 is 11.3 Å². The van der Waals surface area contributed by atoms with Gasteiger partial charge in [-0.3, -0.25) is 19.0 Å².